The first-order valence-corrected chi connectivity index (χ1v) is 5.46. The van der Waals surface area contributed by atoms with E-state index in [0.717, 1.165) is 0 Å². The Kier molecular flexibility index (Phi) is 3.06. The molecule has 6 heteroatoms. The van der Waals surface area contributed by atoms with Gasteiger partial charge in [-0.25, -0.2) is 0 Å². The fourth-order valence-corrected chi connectivity index (χ4v) is 1.82. The minimum absolute atomic E-state index is 0.00153. The van der Waals surface area contributed by atoms with Gasteiger partial charge in [-0.05, 0) is 12.1 Å². The number of anilines is 2. The Morgan fingerprint density at radius 2 is 2.18 bits per heavy atom. The van der Waals surface area contributed by atoms with Crippen LogP contribution in [0.3, 0.4) is 0 Å². The maximum absolute atomic E-state index is 11.9. The van der Waals surface area contributed by atoms with Gasteiger partial charge in [-0.1, -0.05) is 24.4 Å². The van der Waals surface area contributed by atoms with Gasteiger partial charge in [0.1, 0.15) is 6.54 Å². The van der Waals surface area contributed by atoms with Gasteiger partial charge >= 0.3 is 0 Å². The molecule has 0 radical (unpaired) electrons. The second kappa shape index (κ2) is 4.50. The summed E-state index contributed by atoms with van der Waals surface area (Å²) in [5.41, 5.74) is 6.64. The second-order valence-electron chi connectivity index (χ2n) is 3.69. The first-order chi connectivity index (χ1) is 8.08. The van der Waals surface area contributed by atoms with E-state index in [1.54, 1.807) is 24.3 Å². The maximum atomic E-state index is 11.9. The van der Waals surface area contributed by atoms with Crippen LogP contribution in [0.1, 0.15) is 6.42 Å². The van der Waals surface area contributed by atoms with E-state index in [-0.39, 0.29) is 29.8 Å². The molecule has 0 fully saturated rings. The van der Waals surface area contributed by atoms with E-state index in [0.29, 0.717) is 11.4 Å². The van der Waals surface area contributed by atoms with Crippen LogP contribution in [-0.2, 0) is 9.59 Å². The molecular weight excluding hydrogens is 238 g/mol. The highest BCUT2D eigenvalue weighted by molar-refractivity contribution is 7.80. The molecule has 5 nitrogen and oxygen atoms in total. The van der Waals surface area contributed by atoms with Crippen LogP contribution in [0.5, 0.6) is 0 Å². The van der Waals surface area contributed by atoms with Gasteiger partial charge in [-0.3, -0.25) is 9.59 Å². The molecule has 0 saturated carbocycles. The molecule has 0 aliphatic carbocycles. The first-order valence-electron chi connectivity index (χ1n) is 5.05. The highest BCUT2D eigenvalue weighted by atomic mass is 32.1. The fraction of sp³-hybridized carbons (Fsp3) is 0.182. The third kappa shape index (κ3) is 2.42. The number of benzene rings is 1. The van der Waals surface area contributed by atoms with E-state index in [4.69, 9.17) is 18.0 Å². The summed E-state index contributed by atoms with van der Waals surface area (Å²) in [7, 11) is 0. The summed E-state index contributed by atoms with van der Waals surface area (Å²) in [6.07, 6.45) is -0.0308. The Morgan fingerprint density at radius 3 is 2.88 bits per heavy atom. The monoisotopic (exact) mass is 249 g/mol. The molecule has 1 heterocycles. The Labute approximate surface area is 104 Å². The molecule has 0 atom stereocenters. The van der Waals surface area contributed by atoms with E-state index in [9.17, 15) is 9.59 Å². The molecule has 17 heavy (non-hydrogen) atoms. The summed E-state index contributed by atoms with van der Waals surface area (Å²) in [6, 6.07) is 7.11. The normalized spacial score (nSPS) is 13.9. The molecule has 88 valence electrons. The lowest BCUT2D eigenvalue weighted by Crippen LogP contribution is -2.43. The van der Waals surface area contributed by atoms with E-state index >= 15 is 0 Å². The highest BCUT2D eigenvalue weighted by Crippen LogP contribution is 2.29. The third-order valence-electron chi connectivity index (χ3n) is 2.40. The predicted octanol–water partition coefficient (Wildman–Crippen LogP) is 0.648. The lowest BCUT2D eigenvalue weighted by Gasteiger charge is -2.29. The number of nitrogens with one attached hydrogen (secondary N) is 1. The van der Waals surface area contributed by atoms with E-state index < -0.39 is 0 Å². The lowest BCUT2D eigenvalue weighted by atomic mass is 10.2. The van der Waals surface area contributed by atoms with Crippen LogP contribution in [0.15, 0.2) is 24.3 Å². The molecule has 3 N–H and O–H groups in total. The molecule has 0 unspecified atom stereocenters. The number of para-hydroxylation sites is 2. The van der Waals surface area contributed by atoms with Crippen molar-refractivity contribution in [1.82, 2.24) is 0 Å². The quantitative estimate of drug-likeness (QED) is 0.754. The van der Waals surface area contributed by atoms with Gasteiger partial charge < -0.3 is 16.0 Å². The van der Waals surface area contributed by atoms with Crippen molar-refractivity contribution in [3.8, 4) is 0 Å². The molecule has 0 spiro atoms. The average Bonchev–Trinajstić information content (AvgIpc) is 2.26. The predicted molar refractivity (Wildman–Crippen MR) is 68.8 cm³/mol. The smallest absolute Gasteiger partial charge is 0.244 e. The molecule has 1 aromatic rings. The minimum atomic E-state index is -0.264. The van der Waals surface area contributed by atoms with E-state index in [2.05, 4.69) is 5.32 Å². The maximum Gasteiger partial charge on any atom is 0.244 e. The van der Waals surface area contributed by atoms with Gasteiger partial charge in [0, 0.05) is 0 Å². The van der Waals surface area contributed by atoms with Crippen molar-refractivity contribution in [2.45, 2.75) is 6.42 Å². The molecule has 0 saturated heterocycles. The number of rotatable bonds is 2. The van der Waals surface area contributed by atoms with Gasteiger partial charge in [0.05, 0.1) is 22.8 Å². The molecular formula is C11H11N3O2S. The molecule has 0 bridgehead atoms. The molecule has 2 rings (SSSR count). The minimum Gasteiger partial charge on any atom is -0.393 e. The standard InChI is InChI=1S/C11H11N3O2S/c12-9(17)5-11(16)14-6-10(15)13-7-3-1-2-4-8(7)14/h1-4H,5-6H2,(H2,12,17)(H,13,15). The molecule has 1 aromatic carbocycles. The van der Waals surface area contributed by atoms with Gasteiger partial charge in [0.2, 0.25) is 11.8 Å². The number of nitrogens with zero attached hydrogens (tertiary/aromatic N) is 1. The van der Waals surface area contributed by atoms with Gasteiger partial charge in [0.15, 0.2) is 0 Å². The van der Waals surface area contributed by atoms with Crippen molar-refractivity contribution in [3.63, 3.8) is 0 Å². The molecule has 1 aliphatic heterocycles. The summed E-state index contributed by atoms with van der Waals surface area (Å²) in [6.45, 7) is -0.00153. The number of hydrogen-bond donors (Lipinski definition) is 2. The molecule has 1 aliphatic rings. The van der Waals surface area contributed by atoms with Crippen LogP contribution >= 0.6 is 12.2 Å². The summed E-state index contributed by atoms with van der Waals surface area (Å²) < 4.78 is 0. The van der Waals surface area contributed by atoms with Crippen molar-refractivity contribution in [2.75, 3.05) is 16.8 Å². The van der Waals surface area contributed by atoms with E-state index in [1.165, 1.54) is 4.90 Å². The largest absolute Gasteiger partial charge is 0.393 e. The lowest BCUT2D eigenvalue weighted by molar-refractivity contribution is -0.121. The van der Waals surface area contributed by atoms with Crippen molar-refractivity contribution >= 4 is 40.4 Å². The van der Waals surface area contributed by atoms with Crippen LogP contribution in [0.2, 0.25) is 0 Å². The summed E-state index contributed by atoms with van der Waals surface area (Å²) in [4.78, 5) is 24.9. The van der Waals surface area contributed by atoms with Crippen LogP contribution in [0.4, 0.5) is 11.4 Å². The number of fused-ring (bicyclic) bond motifs is 1. The number of nitrogens with two attached hydrogens (primary N) is 1. The number of amides is 2. The first kappa shape index (κ1) is 11.5. The third-order valence-corrected chi connectivity index (χ3v) is 2.54. The summed E-state index contributed by atoms with van der Waals surface area (Å²) in [5, 5.41) is 2.70. The highest BCUT2D eigenvalue weighted by Gasteiger charge is 2.26. The number of carbonyl (C=O) groups is 2. The fourth-order valence-electron chi connectivity index (χ4n) is 1.70. The van der Waals surface area contributed by atoms with Gasteiger partial charge in [0.25, 0.3) is 0 Å². The topological polar surface area (TPSA) is 75.4 Å². The van der Waals surface area contributed by atoms with Crippen molar-refractivity contribution in [1.29, 1.82) is 0 Å². The molecule has 2 amide bonds. The van der Waals surface area contributed by atoms with Crippen LogP contribution in [0.25, 0.3) is 0 Å². The SMILES string of the molecule is NC(=S)CC(=O)N1CC(=O)Nc2ccccc21. The summed E-state index contributed by atoms with van der Waals surface area (Å²) in [5.74, 6) is -0.486. The van der Waals surface area contributed by atoms with Gasteiger partial charge in [-0.2, -0.15) is 0 Å². The van der Waals surface area contributed by atoms with Crippen molar-refractivity contribution in [3.05, 3.63) is 24.3 Å². The second-order valence-corrected chi connectivity index (χ2v) is 4.21. The zero-order valence-electron chi connectivity index (χ0n) is 8.97. The van der Waals surface area contributed by atoms with Gasteiger partial charge in [-0.15, -0.1) is 0 Å². The van der Waals surface area contributed by atoms with E-state index in [1.807, 2.05) is 0 Å². The van der Waals surface area contributed by atoms with Crippen LogP contribution in [-0.4, -0.2) is 23.3 Å². The number of hydrogen-bond acceptors (Lipinski definition) is 3. The Balaban J connectivity index is 2.32. The van der Waals surface area contributed by atoms with Crippen LogP contribution in [0, 0.1) is 0 Å². The van der Waals surface area contributed by atoms with Crippen molar-refractivity contribution in [2.24, 2.45) is 5.73 Å². The molecule has 0 aromatic heterocycles. The zero-order chi connectivity index (χ0) is 12.4. The zero-order valence-corrected chi connectivity index (χ0v) is 9.79. The number of thiocarbonyl (C=S) groups is 1. The Hall–Kier alpha value is -1.95. The Bertz CT molecular complexity index is 501. The average molecular weight is 249 g/mol. The Morgan fingerprint density at radius 1 is 1.47 bits per heavy atom. The number of carbonyl (C=O) groups excluding carboxylic acids is 2. The van der Waals surface area contributed by atoms with Crippen LogP contribution < -0.4 is 16.0 Å². The van der Waals surface area contributed by atoms with Crippen molar-refractivity contribution < 1.29 is 9.59 Å². The summed E-state index contributed by atoms with van der Waals surface area (Å²) >= 11 is 4.70.